The zero-order valence-corrected chi connectivity index (χ0v) is 11.4. The first kappa shape index (κ1) is 12.7. The highest BCUT2D eigenvalue weighted by atomic mass is 32.2. The second kappa shape index (κ2) is 4.84. The molecule has 2 unspecified atom stereocenters. The standard InChI is InChI=1S/C13H20N2OS/c1-4-13(3)11(16)15-12(17-13)14-10-8-6-5-7-9(10)2/h10H,2,4-8H2,1,3H3,(H,14,15,16). The number of hydrogen-bond acceptors (Lipinski definition) is 3. The van der Waals surface area contributed by atoms with Crippen LogP contribution in [0, 0.1) is 0 Å². The molecule has 0 aromatic heterocycles. The number of hydrogen-bond donors (Lipinski definition) is 1. The molecule has 2 fully saturated rings. The second-order valence-corrected chi connectivity index (χ2v) is 6.49. The van der Waals surface area contributed by atoms with Crippen molar-refractivity contribution in [2.24, 2.45) is 4.99 Å². The van der Waals surface area contributed by atoms with Crippen molar-refractivity contribution in [2.75, 3.05) is 0 Å². The second-order valence-electron chi connectivity index (χ2n) is 4.99. The predicted molar refractivity (Wildman–Crippen MR) is 73.3 cm³/mol. The third-order valence-electron chi connectivity index (χ3n) is 3.67. The highest BCUT2D eigenvalue weighted by Crippen LogP contribution is 2.35. The number of nitrogens with one attached hydrogen (secondary N) is 1. The minimum atomic E-state index is -0.338. The molecule has 1 heterocycles. The molecule has 1 aliphatic carbocycles. The molecule has 0 aromatic carbocycles. The Balaban J connectivity index is 2.09. The van der Waals surface area contributed by atoms with E-state index in [1.54, 1.807) is 11.8 Å². The summed E-state index contributed by atoms with van der Waals surface area (Å²) in [4.78, 5) is 16.5. The molecule has 1 saturated carbocycles. The van der Waals surface area contributed by atoms with E-state index in [9.17, 15) is 4.79 Å². The lowest BCUT2D eigenvalue weighted by Gasteiger charge is -2.21. The molecule has 3 nitrogen and oxygen atoms in total. The number of nitrogens with zero attached hydrogens (tertiary/aromatic N) is 1. The molecule has 0 aromatic rings. The average Bonchev–Trinajstić information content (AvgIpc) is 2.59. The van der Waals surface area contributed by atoms with Crippen LogP contribution in [-0.4, -0.2) is 21.9 Å². The van der Waals surface area contributed by atoms with Gasteiger partial charge in [0, 0.05) is 0 Å². The van der Waals surface area contributed by atoms with E-state index in [0.29, 0.717) is 0 Å². The van der Waals surface area contributed by atoms with Crippen LogP contribution in [-0.2, 0) is 4.79 Å². The van der Waals surface area contributed by atoms with Gasteiger partial charge in [-0.15, -0.1) is 0 Å². The number of amidine groups is 1. The monoisotopic (exact) mass is 252 g/mol. The van der Waals surface area contributed by atoms with Gasteiger partial charge in [0.2, 0.25) is 5.91 Å². The average molecular weight is 252 g/mol. The number of carbonyl (C=O) groups is 1. The van der Waals surface area contributed by atoms with Gasteiger partial charge in [0.25, 0.3) is 0 Å². The maximum atomic E-state index is 11.8. The van der Waals surface area contributed by atoms with Crippen LogP contribution in [0.3, 0.4) is 0 Å². The third-order valence-corrected chi connectivity index (χ3v) is 4.99. The van der Waals surface area contributed by atoms with E-state index in [1.807, 2.05) is 13.8 Å². The Morgan fingerprint density at radius 1 is 1.59 bits per heavy atom. The summed E-state index contributed by atoms with van der Waals surface area (Å²) in [5.41, 5.74) is 1.21. The lowest BCUT2D eigenvalue weighted by Crippen LogP contribution is -2.33. The van der Waals surface area contributed by atoms with Crippen LogP contribution in [0.4, 0.5) is 0 Å². The minimum absolute atomic E-state index is 0.0881. The van der Waals surface area contributed by atoms with Gasteiger partial charge in [0.1, 0.15) is 0 Å². The summed E-state index contributed by atoms with van der Waals surface area (Å²) in [6.45, 7) is 8.10. The van der Waals surface area contributed by atoms with Crippen LogP contribution in [0.15, 0.2) is 17.1 Å². The first-order valence-corrected chi connectivity index (χ1v) is 7.13. The Labute approximate surface area is 107 Å². The van der Waals surface area contributed by atoms with E-state index in [2.05, 4.69) is 16.9 Å². The van der Waals surface area contributed by atoms with Crippen LogP contribution in [0.2, 0.25) is 0 Å². The van der Waals surface area contributed by atoms with Crippen LogP contribution in [0.1, 0.15) is 46.0 Å². The van der Waals surface area contributed by atoms with Crippen molar-refractivity contribution >= 4 is 22.8 Å². The normalized spacial score (nSPS) is 36.4. The van der Waals surface area contributed by atoms with E-state index in [0.717, 1.165) is 24.4 Å². The Morgan fingerprint density at radius 2 is 2.35 bits per heavy atom. The summed E-state index contributed by atoms with van der Waals surface area (Å²) < 4.78 is -0.338. The molecule has 1 aliphatic heterocycles. The molecular formula is C13H20N2OS. The van der Waals surface area contributed by atoms with Crippen LogP contribution in [0.5, 0.6) is 0 Å². The first-order valence-electron chi connectivity index (χ1n) is 6.31. The van der Waals surface area contributed by atoms with Gasteiger partial charge < -0.3 is 5.32 Å². The maximum absolute atomic E-state index is 11.8. The molecular weight excluding hydrogens is 232 g/mol. The minimum Gasteiger partial charge on any atom is -0.304 e. The Kier molecular flexibility index (Phi) is 3.61. The molecule has 0 radical (unpaired) electrons. The summed E-state index contributed by atoms with van der Waals surface area (Å²) in [6.07, 6.45) is 5.41. The van der Waals surface area contributed by atoms with Gasteiger partial charge >= 0.3 is 0 Å². The van der Waals surface area contributed by atoms with Crippen molar-refractivity contribution in [1.29, 1.82) is 0 Å². The zero-order chi connectivity index (χ0) is 12.5. The summed E-state index contributed by atoms with van der Waals surface area (Å²) in [5, 5.41) is 3.68. The van der Waals surface area contributed by atoms with Crippen molar-refractivity contribution < 1.29 is 4.79 Å². The van der Waals surface area contributed by atoms with E-state index in [-0.39, 0.29) is 16.7 Å². The van der Waals surface area contributed by atoms with E-state index >= 15 is 0 Å². The van der Waals surface area contributed by atoms with Crippen molar-refractivity contribution in [1.82, 2.24) is 5.32 Å². The smallest absolute Gasteiger partial charge is 0.242 e. The van der Waals surface area contributed by atoms with Crippen molar-refractivity contribution in [2.45, 2.75) is 56.7 Å². The summed E-state index contributed by atoms with van der Waals surface area (Å²) in [5.74, 6) is 0.0881. The van der Waals surface area contributed by atoms with Gasteiger partial charge in [-0.05, 0) is 32.6 Å². The van der Waals surface area contributed by atoms with Crippen LogP contribution >= 0.6 is 11.8 Å². The lowest BCUT2D eigenvalue weighted by atomic mass is 9.92. The third kappa shape index (κ3) is 2.57. The van der Waals surface area contributed by atoms with Crippen LogP contribution < -0.4 is 5.32 Å². The number of amides is 1. The zero-order valence-electron chi connectivity index (χ0n) is 10.6. The molecule has 2 atom stereocenters. The maximum Gasteiger partial charge on any atom is 0.242 e. The predicted octanol–water partition coefficient (Wildman–Crippen LogP) is 2.87. The molecule has 94 valence electrons. The number of thioether (sulfide) groups is 1. The van der Waals surface area contributed by atoms with Gasteiger partial charge in [0.15, 0.2) is 5.17 Å². The fourth-order valence-corrected chi connectivity index (χ4v) is 3.20. The Bertz CT molecular complexity index is 378. The van der Waals surface area contributed by atoms with Gasteiger partial charge in [-0.2, -0.15) is 0 Å². The largest absolute Gasteiger partial charge is 0.304 e. The molecule has 4 heteroatoms. The molecule has 17 heavy (non-hydrogen) atoms. The molecule has 2 aliphatic rings. The fourth-order valence-electron chi connectivity index (χ4n) is 2.16. The fraction of sp³-hybridized carbons (Fsp3) is 0.692. The first-order chi connectivity index (χ1) is 8.05. The topological polar surface area (TPSA) is 41.5 Å². The summed E-state index contributed by atoms with van der Waals surface area (Å²) in [6, 6.07) is 0.214. The van der Waals surface area contributed by atoms with Crippen molar-refractivity contribution in [3.63, 3.8) is 0 Å². The number of carbonyl (C=O) groups excluding carboxylic acids is 1. The van der Waals surface area contributed by atoms with Gasteiger partial charge in [0.05, 0.1) is 10.8 Å². The molecule has 0 bridgehead atoms. The molecule has 1 saturated heterocycles. The summed E-state index contributed by atoms with van der Waals surface area (Å²) in [7, 11) is 0. The number of rotatable bonds is 2. The number of aliphatic imine (C=N–C) groups is 1. The lowest BCUT2D eigenvalue weighted by molar-refractivity contribution is -0.121. The van der Waals surface area contributed by atoms with Crippen LogP contribution in [0.25, 0.3) is 0 Å². The van der Waals surface area contributed by atoms with Gasteiger partial charge in [-0.1, -0.05) is 37.3 Å². The van der Waals surface area contributed by atoms with E-state index in [4.69, 9.17) is 0 Å². The van der Waals surface area contributed by atoms with E-state index < -0.39 is 0 Å². The molecule has 1 N–H and O–H groups in total. The molecule has 1 amide bonds. The van der Waals surface area contributed by atoms with Crippen molar-refractivity contribution in [3.05, 3.63) is 12.2 Å². The highest BCUT2D eigenvalue weighted by molar-refractivity contribution is 8.16. The Morgan fingerprint density at radius 3 is 2.94 bits per heavy atom. The van der Waals surface area contributed by atoms with Gasteiger partial charge in [-0.25, -0.2) is 0 Å². The Hall–Kier alpha value is -0.770. The molecule has 0 spiro atoms. The van der Waals surface area contributed by atoms with E-state index in [1.165, 1.54) is 18.4 Å². The SMILES string of the molecule is C=C1CCCCC1N=C1NC(=O)C(C)(CC)S1. The highest BCUT2D eigenvalue weighted by Gasteiger charge is 2.41. The quantitative estimate of drug-likeness (QED) is 0.768. The molecule has 2 rings (SSSR count). The summed E-state index contributed by atoms with van der Waals surface area (Å²) >= 11 is 1.56. The van der Waals surface area contributed by atoms with Gasteiger partial charge in [-0.3, -0.25) is 9.79 Å². The van der Waals surface area contributed by atoms with Crippen molar-refractivity contribution in [3.8, 4) is 0 Å².